The molecule has 1 aliphatic carbocycles. The predicted octanol–water partition coefficient (Wildman–Crippen LogP) is 2.91. The van der Waals surface area contributed by atoms with Gasteiger partial charge in [-0.2, -0.15) is 0 Å². The fourth-order valence-electron chi connectivity index (χ4n) is 5.47. The van der Waals surface area contributed by atoms with Gasteiger partial charge in [-0.15, -0.1) is 0 Å². The molecule has 230 valence electrons. The van der Waals surface area contributed by atoms with Crippen molar-refractivity contribution in [2.45, 2.75) is 100 Å². The summed E-state index contributed by atoms with van der Waals surface area (Å²) in [5, 5.41) is 5.41. The zero-order chi connectivity index (χ0) is 30.7. The molecule has 1 saturated carbocycles. The number of rotatable bonds is 4. The van der Waals surface area contributed by atoms with Gasteiger partial charge in [0.1, 0.15) is 33.9 Å². The van der Waals surface area contributed by atoms with Crippen LogP contribution < -0.4 is 15.4 Å². The van der Waals surface area contributed by atoms with Gasteiger partial charge in [0.25, 0.3) is 15.9 Å². The molecule has 0 bridgehead atoms. The molecule has 3 N–H and O–H groups in total. The highest BCUT2D eigenvalue weighted by atomic mass is 32.2. The van der Waals surface area contributed by atoms with Crippen molar-refractivity contribution in [3.63, 3.8) is 0 Å². The lowest BCUT2D eigenvalue weighted by atomic mass is 10.0. The summed E-state index contributed by atoms with van der Waals surface area (Å²) in [6.07, 6.45) is 7.24. The van der Waals surface area contributed by atoms with E-state index in [0.717, 1.165) is 25.0 Å². The van der Waals surface area contributed by atoms with Crippen molar-refractivity contribution in [1.29, 1.82) is 0 Å². The third kappa shape index (κ3) is 7.29. The van der Waals surface area contributed by atoms with Gasteiger partial charge in [-0.1, -0.05) is 37.1 Å². The van der Waals surface area contributed by atoms with Crippen molar-refractivity contribution < 1.29 is 36.7 Å². The molecule has 0 unspecified atom stereocenters. The molecule has 0 radical (unpaired) electrons. The molecule has 3 aliphatic rings. The van der Waals surface area contributed by atoms with E-state index in [-0.39, 0.29) is 13.0 Å². The van der Waals surface area contributed by atoms with E-state index in [9.17, 15) is 32.0 Å². The minimum absolute atomic E-state index is 0.150. The Kier molecular flexibility index (Phi) is 9.29. The Bertz CT molecular complexity index is 1360. The number of hydrogen-bond donors (Lipinski definition) is 3. The van der Waals surface area contributed by atoms with E-state index in [2.05, 4.69) is 10.6 Å². The summed E-state index contributed by atoms with van der Waals surface area (Å²) >= 11 is 0. The van der Waals surface area contributed by atoms with Gasteiger partial charge in [0.15, 0.2) is 0 Å². The van der Waals surface area contributed by atoms with E-state index in [1.54, 1.807) is 26.8 Å². The molecule has 13 heteroatoms. The number of benzene rings is 1. The van der Waals surface area contributed by atoms with Crippen LogP contribution in [-0.2, 0) is 29.1 Å². The summed E-state index contributed by atoms with van der Waals surface area (Å²) in [6.45, 7) is 5.45. The Morgan fingerprint density at radius 1 is 1.10 bits per heavy atom. The lowest BCUT2D eigenvalue weighted by molar-refractivity contribution is -0.141. The van der Waals surface area contributed by atoms with E-state index in [1.165, 1.54) is 17.0 Å². The number of carbonyl (C=O) groups excluding carboxylic acids is 4. The van der Waals surface area contributed by atoms with E-state index in [1.807, 2.05) is 10.8 Å². The van der Waals surface area contributed by atoms with Crippen molar-refractivity contribution in [1.82, 2.24) is 20.3 Å². The number of ether oxygens (including phenoxy) is 1. The van der Waals surface area contributed by atoms with Crippen LogP contribution in [-0.4, -0.2) is 66.9 Å². The van der Waals surface area contributed by atoms with Crippen LogP contribution in [0.3, 0.4) is 0 Å². The zero-order valence-corrected chi connectivity index (χ0v) is 25.0. The fourth-order valence-corrected chi connectivity index (χ4v) is 6.59. The van der Waals surface area contributed by atoms with Crippen LogP contribution in [0, 0.1) is 11.7 Å². The fraction of sp³-hybridized carbons (Fsp3) is 0.586. The van der Waals surface area contributed by atoms with Crippen LogP contribution in [0.2, 0.25) is 0 Å². The van der Waals surface area contributed by atoms with Crippen LogP contribution in [0.5, 0.6) is 0 Å². The van der Waals surface area contributed by atoms with E-state index in [4.69, 9.17) is 4.74 Å². The van der Waals surface area contributed by atoms with Gasteiger partial charge < -0.3 is 20.3 Å². The monoisotopic (exact) mass is 606 g/mol. The molecule has 1 aromatic carbocycles. The molecule has 2 aliphatic heterocycles. The SMILES string of the molecule is CC(C)(C)OC(=O)N[C@H]1CCCCCC=C[C@@H]2C[C@@]2(C(=O)NS(=O)(=O)c2ccccc2F)NC(=O)[C@@H]2CCCN2C1=O. The number of carbonyl (C=O) groups is 4. The first kappa shape index (κ1) is 31.5. The first-order valence-corrected chi connectivity index (χ1v) is 15.8. The van der Waals surface area contributed by atoms with Gasteiger partial charge in [-0.25, -0.2) is 22.3 Å². The van der Waals surface area contributed by atoms with Crippen molar-refractivity contribution in [3.8, 4) is 0 Å². The topological polar surface area (TPSA) is 151 Å². The molecule has 11 nitrogen and oxygen atoms in total. The standard InChI is InChI=1S/C29H39FN4O7S/c1-28(2,3)41-27(38)31-21-14-8-6-4-5-7-12-19-18-29(19,32-24(35)22-15-11-17-34(22)25(21)36)26(37)33-42(39,40)23-16-10-9-13-20(23)30/h7,9-10,12-13,16,19,21-22H,4-6,8,11,14-15,17-18H2,1-3H3,(H,31,38)(H,32,35)(H,33,37)/t19-,21+,22+,29-/m1/s1. The molecule has 0 spiro atoms. The third-order valence-corrected chi connectivity index (χ3v) is 9.04. The number of halogens is 1. The Hall–Kier alpha value is -3.48. The number of nitrogens with one attached hydrogen (secondary N) is 3. The highest BCUT2D eigenvalue weighted by Crippen LogP contribution is 2.45. The molecular weight excluding hydrogens is 567 g/mol. The largest absolute Gasteiger partial charge is 0.444 e. The summed E-state index contributed by atoms with van der Waals surface area (Å²) in [6, 6.07) is 2.88. The van der Waals surface area contributed by atoms with Gasteiger partial charge in [0, 0.05) is 12.5 Å². The lowest BCUT2D eigenvalue weighted by Crippen LogP contribution is -2.58. The third-order valence-electron chi connectivity index (χ3n) is 7.68. The van der Waals surface area contributed by atoms with Crippen LogP contribution in [0.4, 0.5) is 9.18 Å². The summed E-state index contributed by atoms with van der Waals surface area (Å²) in [5.74, 6) is -3.48. The lowest BCUT2D eigenvalue weighted by Gasteiger charge is -2.30. The van der Waals surface area contributed by atoms with Crippen molar-refractivity contribution in [2.75, 3.05) is 6.54 Å². The highest BCUT2D eigenvalue weighted by Gasteiger charge is 2.61. The maximum atomic E-state index is 14.2. The minimum Gasteiger partial charge on any atom is -0.444 e. The number of alkyl carbamates (subject to hydrolysis) is 1. The molecule has 1 saturated heterocycles. The van der Waals surface area contributed by atoms with Crippen LogP contribution in [0.15, 0.2) is 41.3 Å². The summed E-state index contributed by atoms with van der Waals surface area (Å²) in [4.78, 5) is 54.0. The smallest absolute Gasteiger partial charge is 0.408 e. The first-order valence-electron chi connectivity index (χ1n) is 14.3. The zero-order valence-electron chi connectivity index (χ0n) is 24.2. The number of nitrogens with zero attached hydrogens (tertiary/aromatic N) is 1. The Morgan fingerprint density at radius 3 is 2.55 bits per heavy atom. The van der Waals surface area contributed by atoms with Crippen molar-refractivity contribution in [2.24, 2.45) is 5.92 Å². The van der Waals surface area contributed by atoms with E-state index < -0.39 is 73.7 Å². The quantitative estimate of drug-likeness (QED) is 0.446. The molecule has 4 rings (SSSR count). The van der Waals surface area contributed by atoms with Gasteiger partial charge in [-0.3, -0.25) is 14.4 Å². The van der Waals surface area contributed by atoms with Gasteiger partial charge in [0.2, 0.25) is 11.8 Å². The molecule has 1 aromatic rings. The number of sulfonamides is 1. The number of amides is 4. The van der Waals surface area contributed by atoms with Crippen LogP contribution in [0.25, 0.3) is 0 Å². The van der Waals surface area contributed by atoms with Crippen molar-refractivity contribution in [3.05, 3.63) is 42.2 Å². The van der Waals surface area contributed by atoms with Crippen LogP contribution >= 0.6 is 0 Å². The number of hydrogen-bond acceptors (Lipinski definition) is 7. The second-order valence-electron chi connectivity index (χ2n) is 12.1. The van der Waals surface area contributed by atoms with Crippen LogP contribution in [0.1, 0.15) is 72.1 Å². The molecule has 2 fully saturated rings. The molecular formula is C29H39FN4O7S. The van der Waals surface area contributed by atoms with Gasteiger partial charge in [0.05, 0.1) is 0 Å². The summed E-state index contributed by atoms with van der Waals surface area (Å²) in [5.41, 5.74) is -2.33. The van der Waals surface area contributed by atoms with Gasteiger partial charge >= 0.3 is 6.09 Å². The molecule has 4 amide bonds. The Balaban J connectivity index is 1.57. The maximum absolute atomic E-state index is 14.2. The van der Waals surface area contributed by atoms with E-state index in [0.29, 0.717) is 32.1 Å². The number of fused-ring (bicyclic) bond motifs is 2. The Morgan fingerprint density at radius 2 is 1.83 bits per heavy atom. The minimum atomic E-state index is -4.56. The Labute approximate surface area is 245 Å². The second kappa shape index (κ2) is 12.4. The predicted molar refractivity (Wildman–Crippen MR) is 151 cm³/mol. The second-order valence-corrected chi connectivity index (χ2v) is 13.7. The molecule has 2 heterocycles. The van der Waals surface area contributed by atoms with E-state index >= 15 is 0 Å². The van der Waals surface area contributed by atoms with Crippen molar-refractivity contribution >= 4 is 33.8 Å². The molecule has 0 aromatic heterocycles. The average molecular weight is 607 g/mol. The summed E-state index contributed by atoms with van der Waals surface area (Å²) < 4.78 is 47.3. The molecule has 42 heavy (non-hydrogen) atoms. The molecule has 4 atom stereocenters. The maximum Gasteiger partial charge on any atom is 0.408 e. The average Bonchev–Trinajstić information content (AvgIpc) is 3.35. The highest BCUT2D eigenvalue weighted by molar-refractivity contribution is 7.90. The number of allylic oxidation sites excluding steroid dienone is 1. The summed E-state index contributed by atoms with van der Waals surface area (Å²) in [7, 11) is -4.56. The first-order chi connectivity index (χ1) is 19.7. The normalized spacial score (nSPS) is 27.0. The van der Waals surface area contributed by atoms with Gasteiger partial charge in [-0.05, 0) is 71.4 Å².